The van der Waals surface area contributed by atoms with Crippen LogP contribution in [0.25, 0.3) is 0 Å². The molecule has 0 bridgehead atoms. The molecule has 2 rings (SSSR count). The number of benzene rings is 1. The van der Waals surface area contributed by atoms with E-state index in [0.29, 0.717) is 22.8 Å². The summed E-state index contributed by atoms with van der Waals surface area (Å²) in [5, 5.41) is 6.21. The topological polar surface area (TPSA) is 63.5 Å². The van der Waals surface area contributed by atoms with Crippen LogP contribution in [-0.2, 0) is 16.1 Å². The summed E-state index contributed by atoms with van der Waals surface area (Å²) in [7, 11) is 0. The van der Waals surface area contributed by atoms with Gasteiger partial charge in [-0.3, -0.25) is 0 Å². The molecule has 0 radical (unpaired) electrons. The third-order valence-corrected chi connectivity index (χ3v) is 3.53. The van der Waals surface area contributed by atoms with Crippen molar-refractivity contribution in [1.82, 2.24) is 5.32 Å². The molecule has 0 aliphatic rings. The van der Waals surface area contributed by atoms with E-state index in [9.17, 15) is 4.79 Å². The monoisotopic (exact) mass is 344 g/mol. The molecule has 6 heteroatoms. The Morgan fingerprint density at radius 1 is 1.21 bits per heavy atom. The first-order chi connectivity index (χ1) is 11.6. The number of carbonyl (C=O) groups is 1. The Balaban J connectivity index is 2.17. The first kappa shape index (κ1) is 17.7. The number of nitrogens with one attached hydrogen (secondary N) is 2. The van der Waals surface area contributed by atoms with E-state index in [2.05, 4.69) is 10.6 Å². The van der Waals surface area contributed by atoms with Crippen molar-refractivity contribution in [2.75, 3.05) is 11.9 Å². The SMILES string of the molecule is CCOC(=O)/C(C(=S)Nc1ccccc1)=C(/C)NCc1ccco1. The number of allylic oxidation sites excluding steroid dienone is 1. The van der Waals surface area contributed by atoms with E-state index < -0.39 is 5.97 Å². The minimum atomic E-state index is -0.463. The number of para-hydroxylation sites is 1. The van der Waals surface area contributed by atoms with E-state index >= 15 is 0 Å². The van der Waals surface area contributed by atoms with E-state index in [1.54, 1.807) is 20.1 Å². The van der Waals surface area contributed by atoms with Crippen LogP contribution in [0.5, 0.6) is 0 Å². The van der Waals surface area contributed by atoms with Gasteiger partial charge in [-0.15, -0.1) is 0 Å². The molecule has 0 amide bonds. The zero-order valence-electron chi connectivity index (χ0n) is 13.7. The highest BCUT2D eigenvalue weighted by Gasteiger charge is 2.20. The average molecular weight is 344 g/mol. The van der Waals surface area contributed by atoms with Gasteiger partial charge in [0.25, 0.3) is 0 Å². The third-order valence-electron chi connectivity index (χ3n) is 3.22. The van der Waals surface area contributed by atoms with Gasteiger partial charge in [-0.25, -0.2) is 4.79 Å². The molecule has 1 aromatic carbocycles. The van der Waals surface area contributed by atoms with Gasteiger partial charge >= 0.3 is 5.97 Å². The summed E-state index contributed by atoms with van der Waals surface area (Å²) in [6.45, 7) is 4.28. The number of esters is 1. The van der Waals surface area contributed by atoms with Crippen LogP contribution < -0.4 is 10.6 Å². The van der Waals surface area contributed by atoms with Gasteiger partial charge in [0.2, 0.25) is 0 Å². The molecule has 0 fully saturated rings. The maximum absolute atomic E-state index is 12.3. The summed E-state index contributed by atoms with van der Waals surface area (Å²) in [6, 6.07) is 13.1. The largest absolute Gasteiger partial charge is 0.467 e. The Kier molecular flexibility index (Phi) is 6.57. The molecule has 5 nitrogen and oxygen atoms in total. The Morgan fingerprint density at radius 3 is 2.58 bits per heavy atom. The molecule has 24 heavy (non-hydrogen) atoms. The lowest BCUT2D eigenvalue weighted by Crippen LogP contribution is -2.26. The van der Waals surface area contributed by atoms with E-state index in [-0.39, 0.29) is 6.61 Å². The third kappa shape index (κ3) is 4.96. The molecule has 0 spiro atoms. The van der Waals surface area contributed by atoms with Crippen molar-refractivity contribution in [3.8, 4) is 0 Å². The zero-order chi connectivity index (χ0) is 17.4. The van der Waals surface area contributed by atoms with Gasteiger partial charge < -0.3 is 19.8 Å². The lowest BCUT2D eigenvalue weighted by Gasteiger charge is -2.15. The molecule has 0 aliphatic carbocycles. The maximum atomic E-state index is 12.3. The van der Waals surface area contributed by atoms with Gasteiger partial charge in [-0.1, -0.05) is 30.4 Å². The molecule has 0 saturated carbocycles. The van der Waals surface area contributed by atoms with E-state index in [4.69, 9.17) is 21.4 Å². The van der Waals surface area contributed by atoms with Crippen LogP contribution in [0.3, 0.4) is 0 Å². The van der Waals surface area contributed by atoms with Gasteiger partial charge in [-0.05, 0) is 38.1 Å². The smallest absolute Gasteiger partial charge is 0.342 e. The number of ether oxygens (including phenoxy) is 1. The molecule has 2 aromatic rings. The standard InChI is InChI=1S/C18H20N2O3S/c1-3-22-18(21)16(13(2)19-12-15-10-7-11-23-15)17(24)20-14-8-5-4-6-9-14/h4-11,19H,3,12H2,1-2H3,(H,20,24)/b16-13-. The first-order valence-electron chi connectivity index (χ1n) is 7.62. The molecule has 0 atom stereocenters. The van der Waals surface area contributed by atoms with Crippen LogP contribution in [-0.4, -0.2) is 17.6 Å². The normalized spacial score (nSPS) is 11.4. The Hall–Kier alpha value is -2.60. The van der Waals surface area contributed by atoms with Gasteiger partial charge in [-0.2, -0.15) is 0 Å². The van der Waals surface area contributed by atoms with Gasteiger partial charge in [0.05, 0.1) is 19.4 Å². The summed E-state index contributed by atoms with van der Waals surface area (Å²) in [5.74, 6) is 0.301. The van der Waals surface area contributed by atoms with Crippen molar-refractivity contribution in [3.63, 3.8) is 0 Å². The fourth-order valence-corrected chi connectivity index (χ4v) is 2.41. The van der Waals surface area contributed by atoms with Crippen molar-refractivity contribution in [2.24, 2.45) is 0 Å². The lowest BCUT2D eigenvalue weighted by atomic mass is 10.2. The van der Waals surface area contributed by atoms with Crippen molar-refractivity contribution >= 4 is 28.9 Å². The summed E-state index contributed by atoms with van der Waals surface area (Å²) < 4.78 is 10.4. The minimum absolute atomic E-state index is 0.280. The molecule has 0 unspecified atom stereocenters. The highest BCUT2D eigenvalue weighted by atomic mass is 32.1. The lowest BCUT2D eigenvalue weighted by molar-refractivity contribution is -0.137. The van der Waals surface area contributed by atoms with E-state index in [1.807, 2.05) is 42.5 Å². The van der Waals surface area contributed by atoms with Crippen LogP contribution in [0, 0.1) is 0 Å². The van der Waals surface area contributed by atoms with Gasteiger partial charge in [0.1, 0.15) is 16.3 Å². The average Bonchev–Trinajstić information content (AvgIpc) is 3.08. The number of furan rings is 1. The van der Waals surface area contributed by atoms with Crippen LogP contribution in [0.15, 0.2) is 64.4 Å². The summed E-state index contributed by atoms with van der Waals surface area (Å²) >= 11 is 5.41. The number of thiocarbonyl (C=S) groups is 1. The van der Waals surface area contributed by atoms with Crippen molar-refractivity contribution in [3.05, 3.63) is 65.8 Å². The van der Waals surface area contributed by atoms with E-state index in [0.717, 1.165) is 11.4 Å². The Morgan fingerprint density at radius 2 is 1.96 bits per heavy atom. The highest BCUT2D eigenvalue weighted by molar-refractivity contribution is 7.81. The second kappa shape index (κ2) is 8.88. The zero-order valence-corrected chi connectivity index (χ0v) is 14.5. The minimum Gasteiger partial charge on any atom is -0.467 e. The fourth-order valence-electron chi connectivity index (χ4n) is 2.06. The van der Waals surface area contributed by atoms with Gasteiger partial charge in [0.15, 0.2) is 0 Å². The maximum Gasteiger partial charge on any atom is 0.342 e. The van der Waals surface area contributed by atoms with Crippen LogP contribution in [0.4, 0.5) is 5.69 Å². The van der Waals surface area contributed by atoms with Crippen LogP contribution >= 0.6 is 12.2 Å². The summed E-state index contributed by atoms with van der Waals surface area (Å²) in [6.07, 6.45) is 1.60. The predicted molar refractivity (Wildman–Crippen MR) is 97.5 cm³/mol. The molecule has 1 aromatic heterocycles. The number of carbonyl (C=O) groups excluding carboxylic acids is 1. The summed E-state index contributed by atoms with van der Waals surface area (Å²) in [5.41, 5.74) is 1.74. The van der Waals surface area contributed by atoms with Crippen molar-refractivity contribution in [2.45, 2.75) is 20.4 Å². The highest BCUT2D eigenvalue weighted by Crippen LogP contribution is 2.13. The van der Waals surface area contributed by atoms with Crippen molar-refractivity contribution < 1.29 is 13.9 Å². The molecule has 126 valence electrons. The quantitative estimate of drug-likeness (QED) is 0.454. The molecule has 1 heterocycles. The van der Waals surface area contributed by atoms with Gasteiger partial charge in [0, 0.05) is 11.4 Å². The predicted octanol–water partition coefficient (Wildman–Crippen LogP) is 3.65. The second-order valence-corrected chi connectivity index (χ2v) is 5.38. The summed E-state index contributed by atoms with van der Waals surface area (Å²) in [4.78, 5) is 12.6. The number of anilines is 1. The van der Waals surface area contributed by atoms with Crippen molar-refractivity contribution in [1.29, 1.82) is 0 Å². The first-order valence-corrected chi connectivity index (χ1v) is 8.03. The number of hydrogen-bond acceptors (Lipinski definition) is 5. The molecule has 2 N–H and O–H groups in total. The number of hydrogen-bond donors (Lipinski definition) is 2. The molecule has 0 saturated heterocycles. The molecular weight excluding hydrogens is 324 g/mol. The second-order valence-electron chi connectivity index (χ2n) is 4.97. The fraction of sp³-hybridized carbons (Fsp3) is 0.222. The van der Waals surface area contributed by atoms with Crippen LogP contribution in [0.2, 0.25) is 0 Å². The van der Waals surface area contributed by atoms with Crippen LogP contribution in [0.1, 0.15) is 19.6 Å². The molecular formula is C18H20N2O3S. The Bertz CT molecular complexity index is 709. The molecule has 0 aliphatic heterocycles. The van der Waals surface area contributed by atoms with E-state index in [1.165, 1.54) is 0 Å². The number of rotatable bonds is 7. The Labute approximate surface area is 146 Å².